The molecule has 1 saturated heterocycles. The first kappa shape index (κ1) is 23.5. The second-order valence-electron chi connectivity index (χ2n) is 6.68. The van der Waals surface area contributed by atoms with Gasteiger partial charge in [-0.25, -0.2) is 9.67 Å². The van der Waals surface area contributed by atoms with Crippen LogP contribution in [-0.4, -0.2) is 75.9 Å². The molecule has 0 aromatic carbocycles. The van der Waals surface area contributed by atoms with Crippen LogP contribution in [0.1, 0.15) is 37.8 Å². The predicted molar refractivity (Wildman–Crippen MR) is 102 cm³/mol. The van der Waals surface area contributed by atoms with Crippen LogP contribution in [0.5, 0.6) is 0 Å². The lowest BCUT2D eigenvalue weighted by Crippen LogP contribution is -2.52. The number of hydrogen-bond donors (Lipinski definition) is 2. The minimum atomic E-state index is -0.250. The molecule has 1 fully saturated rings. The number of aromatic nitrogens is 3. The fourth-order valence-corrected chi connectivity index (χ4v) is 3.28. The van der Waals surface area contributed by atoms with Gasteiger partial charge in [0.1, 0.15) is 18.2 Å². The Morgan fingerprint density at radius 2 is 2.07 bits per heavy atom. The molecule has 1 aromatic rings. The summed E-state index contributed by atoms with van der Waals surface area (Å²) in [5.74, 6) is 1.75. The van der Waals surface area contributed by atoms with Crippen molar-refractivity contribution in [2.75, 3.05) is 26.8 Å². The molecule has 10 heteroatoms. The van der Waals surface area contributed by atoms with Crippen LogP contribution in [-0.2, 0) is 25.7 Å². The Balaban J connectivity index is 0.00000122. The van der Waals surface area contributed by atoms with Gasteiger partial charge in [0.2, 0.25) is 11.8 Å². The molecule has 0 radical (unpaired) electrons. The zero-order valence-electron chi connectivity index (χ0n) is 17.1. The summed E-state index contributed by atoms with van der Waals surface area (Å²) in [6.45, 7) is 7.47. The van der Waals surface area contributed by atoms with E-state index in [4.69, 9.17) is 14.6 Å². The van der Waals surface area contributed by atoms with Gasteiger partial charge in [0, 0.05) is 32.7 Å². The van der Waals surface area contributed by atoms with Gasteiger partial charge < -0.3 is 20.1 Å². The number of piperidine rings is 1. The Morgan fingerprint density at radius 3 is 2.61 bits per heavy atom. The summed E-state index contributed by atoms with van der Waals surface area (Å²) in [6.07, 6.45) is 2.07. The summed E-state index contributed by atoms with van der Waals surface area (Å²) in [4.78, 5) is 39.0. The molecule has 2 N–H and O–H groups in total. The summed E-state index contributed by atoms with van der Waals surface area (Å²) in [7, 11) is 1.59. The second kappa shape index (κ2) is 12.1. The molecule has 1 aromatic heterocycles. The van der Waals surface area contributed by atoms with E-state index in [-0.39, 0.29) is 36.8 Å². The van der Waals surface area contributed by atoms with Crippen molar-refractivity contribution >= 4 is 18.3 Å². The summed E-state index contributed by atoms with van der Waals surface area (Å²) < 4.78 is 6.59. The van der Waals surface area contributed by atoms with Crippen molar-refractivity contribution in [1.82, 2.24) is 25.0 Å². The Bertz CT molecular complexity index is 648. The van der Waals surface area contributed by atoms with Gasteiger partial charge in [-0.05, 0) is 32.6 Å². The van der Waals surface area contributed by atoms with Crippen LogP contribution in [0, 0.1) is 19.8 Å². The maximum Gasteiger partial charge on any atom is 0.290 e. The van der Waals surface area contributed by atoms with E-state index in [0.717, 1.165) is 18.7 Å². The van der Waals surface area contributed by atoms with Crippen molar-refractivity contribution in [3.63, 3.8) is 0 Å². The third-order valence-corrected chi connectivity index (χ3v) is 4.74. The molecule has 0 spiro atoms. The molecule has 2 heterocycles. The lowest BCUT2D eigenvalue weighted by Gasteiger charge is -2.38. The van der Waals surface area contributed by atoms with Gasteiger partial charge in [0.05, 0.1) is 6.61 Å². The SMILES string of the molecule is CC[C@@H]1CN(C(=O)Cn2nc(C)nc2C)CC[C@@H]1NC(=O)CCOC.O=CO. The third kappa shape index (κ3) is 7.26. The number of methoxy groups -OCH3 is 1. The van der Waals surface area contributed by atoms with E-state index < -0.39 is 0 Å². The third-order valence-electron chi connectivity index (χ3n) is 4.74. The maximum atomic E-state index is 12.6. The highest BCUT2D eigenvalue weighted by atomic mass is 16.5. The van der Waals surface area contributed by atoms with Crippen molar-refractivity contribution in [2.45, 2.75) is 52.6 Å². The standard InChI is InChI=1S/C17H29N5O3.CH2O2/c1-5-14-10-21(8-6-15(14)19-16(23)7-9-25-4)17(24)11-22-13(3)18-12(2)20-22;2-1-3/h14-15H,5-11H2,1-4H3,(H,19,23);1H,(H,2,3)/t14-,15+;/m1./s1. The molecule has 0 unspecified atom stereocenters. The summed E-state index contributed by atoms with van der Waals surface area (Å²) >= 11 is 0. The van der Waals surface area contributed by atoms with Crippen LogP contribution in [0.25, 0.3) is 0 Å². The Morgan fingerprint density at radius 1 is 1.39 bits per heavy atom. The predicted octanol–water partition coefficient (Wildman–Crippen LogP) is 0.376. The average molecular weight is 397 g/mol. The monoisotopic (exact) mass is 397 g/mol. The van der Waals surface area contributed by atoms with Crippen molar-refractivity contribution in [3.8, 4) is 0 Å². The quantitative estimate of drug-likeness (QED) is 0.637. The number of amides is 2. The first-order valence-electron chi connectivity index (χ1n) is 9.38. The van der Waals surface area contributed by atoms with E-state index in [2.05, 4.69) is 22.3 Å². The highest BCUT2D eigenvalue weighted by Gasteiger charge is 2.31. The number of nitrogens with zero attached hydrogens (tertiary/aromatic N) is 4. The fourth-order valence-electron chi connectivity index (χ4n) is 3.28. The average Bonchev–Trinajstić information content (AvgIpc) is 2.97. The normalized spacial score (nSPS) is 18.8. The smallest absolute Gasteiger partial charge is 0.290 e. The van der Waals surface area contributed by atoms with Crippen LogP contribution >= 0.6 is 0 Å². The lowest BCUT2D eigenvalue weighted by atomic mass is 9.89. The van der Waals surface area contributed by atoms with Crippen molar-refractivity contribution in [1.29, 1.82) is 0 Å². The molecule has 1 aliphatic rings. The topological polar surface area (TPSA) is 127 Å². The van der Waals surface area contributed by atoms with Gasteiger partial charge in [0.15, 0.2) is 0 Å². The number of carbonyl (C=O) groups is 3. The molecular formula is C18H31N5O5. The molecule has 2 amide bonds. The molecule has 28 heavy (non-hydrogen) atoms. The zero-order valence-corrected chi connectivity index (χ0v) is 17.1. The molecule has 1 aliphatic heterocycles. The van der Waals surface area contributed by atoms with E-state index in [1.54, 1.807) is 11.8 Å². The van der Waals surface area contributed by atoms with Crippen LogP contribution in [0.15, 0.2) is 0 Å². The molecule has 2 atom stereocenters. The van der Waals surface area contributed by atoms with Gasteiger partial charge >= 0.3 is 0 Å². The Hall–Kier alpha value is -2.49. The number of likely N-dealkylation sites (tertiary alicyclic amines) is 1. The van der Waals surface area contributed by atoms with Gasteiger partial charge in [-0.3, -0.25) is 14.4 Å². The largest absolute Gasteiger partial charge is 0.483 e. The number of carboxylic acid groups (broad SMARTS) is 1. The highest BCUT2D eigenvalue weighted by Crippen LogP contribution is 2.21. The number of carbonyl (C=O) groups excluding carboxylic acids is 2. The molecule has 2 rings (SSSR count). The summed E-state index contributed by atoms with van der Waals surface area (Å²) in [6, 6.07) is 0.119. The maximum absolute atomic E-state index is 12.6. The van der Waals surface area contributed by atoms with E-state index in [1.165, 1.54) is 0 Å². The van der Waals surface area contributed by atoms with Gasteiger partial charge in [0.25, 0.3) is 6.47 Å². The summed E-state index contributed by atoms with van der Waals surface area (Å²) in [5, 5.41) is 14.2. The van der Waals surface area contributed by atoms with Crippen molar-refractivity contribution < 1.29 is 24.2 Å². The second-order valence-corrected chi connectivity index (χ2v) is 6.68. The first-order chi connectivity index (χ1) is 13.4. The lowest BCUT2D eigenvalue weighted by molar-refractivity contribution is -0.134. The van der Waals surface area contributed by atoms with Crippen molar-refractivity contribution in [3.05, 3.63) is 11.6 Å². The summed E-state index contributed by atoms with van der Waals surface area (Å²) in [5.41, 5.74) is 0. The van der Waals surface area contributed by atoms with Crippen LogP contribution < -0.4 is 5.32 Å². The van der Waals surface area contributed by atoms with Gasteiger partial charge in [-0.2, -0.15) is 5.10 Å². The minimum Gasteiger partial charge on any atom is -0.483 e. The highest BCUT2D eigenvalue weighted by molar-refractivity contribution is 5.77. The number of hydrogen-bond acceptors (Lipinski definition) is 6. The molecule has 0 aliphatic carbocycles. The fraction of sp³-hybridized carbons (Fsp3) is 0.722. The van der Waals surface area contributed by atoms with E-state index >= 15 is 0 Å². The van der Waals surface area contributed by atoms with Crippen LogP contribution in [0.2, 0.25) is 0 Å². The molecular weight excluding hydrogens is 366 g/mol. The Labute approximate surface area is 165 Å². The molecule has 0 saturated carbocycles. The van der Waals surface area contributed by atoms with Crippen LogP contribution in [0.4, 0.5) is 0 Å². The molecule has 158 valence electrons. The molecule has 0 bridgehead atoms. The minimum absolute atomic E-state index is 0.0128. The van der Waals surface area contributed by atoms with Crippen molar-refractivity contribution in [2.24, 2.45) is 5.92 Å². The van der Waals surface area contributed by atoms with E-state index in [1.807, 2.05) is 18.7 Å². The Kier molecular flexibility index (Phi) is 10.1. The zero-order chi connectivity index (χ0) is 21.1. The number of aryl methyl sites for hydroxylation is 2. The number of ether oxygens (including phenoxy) is 1. The van der Waals surface area contributed by atoms with E-state index in [0.29, 0.717) is 31.9 Å². The van der Waals surface area contributed by atoms with E-state index in [9.17, 15) is 9.59 Å². The van der Waals surface area contributed by atoms with Gasteiger partial charge in [-0.15, -0.1) is 0 Å². The number of rotatable bonds is 7. The first-order valence-corrected chi connectivity index (χ1v) is 9.38. The molecule has 10 nitrogen and oxygen atoms in total. The number of nitrogens with one attached hydrogen (secondary N) is 1. The van der Waals surface area contributed by atoms with Crippen LogP contribution in [0.3, 0.4) is 0 Å². The van der Waals surface area contributed by atoms with Gasteiger partial charge in [-0.1, -0.05) is 6.92 Å².